The van der Waals surface area contributed by atoms with E-state index in [4.69, 9.17) is 37.8 Å². The molecule has 1 amide bonds. The molecule has 0 bridgehead atoms. The Morgan fingerprint density at radius 3 is 2.26 bits per heavy atom. The van der Waals surface area contributed by atoms with E-state index in [9.17, 15) is 18.0 Å². The highest BCUT2D eigenvalue weighted by Crippen LogP contribution is 2.41. The highest BCUT2D eigenvalue weighted by atomic mass is 35.5. The summed E-state index contributed by atoms with van der Waals surface area (Å²) in [6.07, 6.45) is -1.83. The van der Waals surface area contributed by atoms with Gasteiger partial charge >= 0.3 is 12.1 Å². The highest BCUT2D eigenvalue weighted by molar-refractivity contribution is 6.36. The minimum atomic E-state index is -5.08. The number of hydrogen-bond donors (Lipinski definition) is 1. The van der Waals surface area contributed by atoms with E-state index in [1.54, 1.807) is 18.2 Å². The summed E-state index contributed by atoms with van der Waals surface area (Å²) in [4.78, 5) is 26.3. The summed E-state index contributed by atoms with van der Waals surface area (Å²) in [5.74, 6) is -1.24. The molecule has 2 aliphatic heterocycles. The Balaban J connectivity index is 0.000000532. The molecule has 0 aromatic heterocycles. The largest absolute Gasteiger partial charge is 0.493 e. The van der Waals surface area contributed by atoms with Crippen molar-refractivity contribution < 1.29 is 32.6 Å². The number of hydrogen-bond acceptors (Lipinski definition) is 4. The molecule has 0 atom stereocenters. The number of carboxylic acid groups (broad SMARTS) is 1. The van der Waals surface area contributed by atoms with Crippen molar-refractivity contribution in [3.8, 4) is 5.75 Å². The second-order valence-electron chi connectivity index (χ2n) is 10.5. The molecule has 1 N–H and O–H groups in total. The molecule has 214 valence electrons. The molecule has 1 spiro atoms. The van der Waals surface area contributed by atoms with E-state index >= 15 is 0 Å². The number of carbonyl (C=O) groups excluding carboxylic acids is 1. The number of halogens is 5. The first kappa shape index (κ1) is 31.0. The summed E-state index contributed by atoms with van der Waals surface area (Å²) in [7, 11) is 0. The third kappa shape index (κ3) is 8.75. The number of piperidine rings is 1. The lowest BCUT2D eigenvalue weighted by molar-refractivity contribution is -0.192. The Labute approximate surface area is 236 Å². The van der Waals surface area contributed by atoms with Gasteiger partial charge in [0.25, 0.3) is 5.91 Å². The summed E-state index contributed by atoms with van der Waals surface area (Å²) >= 11 is 12.2. The van der Waals surface area contributed by atoms with Gasteiger partial charge in [-0.2, -0.15) is 13.2 Å². The number of nitrogens with zero attached hydrogens (tertiary/aromatic N) is 2. The van der Waals surface area contributed by atoms with Crippen LogP contribution in [0.2, 0.25) is 10.0 Å². The first-order valence-corrected chi connectivity index (χ1v) is 13.5. The van der Waals surface area contributed by atoms with Crippen LogP contribution in [0.4, 0.5) is 13.2 Å². The maximum absolute atomic E-state index is 13.0. The van der Waals surface area contributed by atoms with E-state index < -0.39 is 12.1 Å². The van der Waals surface area contributed by atoms with Crippen molar-refractivity contribution in [2.24, 2.45) is 11.3 Å². The number of carbonyl (C=O) groups is 2. The number of carboxylic acids is 1. The lowest BCUT2D eigenvalue weighted by Gasteiger charge is -2.39. The zero-order chi connectivity index (χ0) is 28.8. The van der Waals surface area contributed by atoms with Crippen molar-refractivity contribution in [2.75, 3.05) is 32.8 Å². The van der Waals surface area contributed by atoms with Gasteiger partial charge < -0.3 is 14.7 Å². The zero-order valence-electron chi connectivity index (χ0n) is 21.9. The van der Waals surface area contributed by atoms with Crippen molar-refractivity contribution in [1.82, 2.24) is 9.80 Å². The van der Waals surface area contributed by atoms with Gasteiger partial charge in [-0.05, 0) is 61.4 Å². The lowest BCUT2D eigenvalue weighted by Crippen LogP contribution is -2.44. The summed E-state index contributed by atoms with van der Waals surface area (Å²) in [6, 6.07) is 13.5. The quantitative estimate of drug-likeness (QED) is 0.402. The Bertz CT molecular complexity index is 1150. The topological polar surface area (TPSA) is 70.1 Å². The fourth-order valence-electron chi connectivity index (χ4n) is 4.86. The van der Waals surface area contributed by atoms with Gasteiger partial charge in [0, 0.05) is 36.8 Å². The molecule has 0 saturated carbocycles. The van der Waals surface area contributed by atoms with Crippen molar-refractivity contribution in [3.05, 3.63) is 63.6 Å². The number of benzene rings is 2. The van der Waals surface area contributed by atoms with Crippen LogP contribution in [0.5, 0.6) is 5.75 Å². The molecule has 39 heavy (non-hydrogen) atoms. The van der Waals surface area contributed by atoms with Gasteiger partial charge in [-0.3, -0.25) is 9.69 Å². The average Bonchev–Trinajstić information content (AvgIpc) is 3.25. The van der Waals surface area contributed by atoms with Crippen LogP contribution in [0.1, 0.15) is 49.0 Å². The smallest absolute Gasteiger partial charge is 0.490 e. The minimum Gasteiger partial charge on any atom is -0.493 e. The molecule has 11 heteroatoms. The van der Waals surface area contributed by atoms with E-state index in [0.717, 1.165) is 57.9 Å². The van der Waals surface area contributed by atoms with E-state index in [1.807, 2.05) is 11.0 Å². The number of rotatable bonds is 6. The maximum atomic E-state index is 13.0. The fraction of sp³-hybridized carbons (Fsp3) is 0.500. The second kappa shape index (κ2) is 13.2. The lowest BCUT2D eigenvalue weighted by atomic mass is 9.77. The van der Waals surface area contributed by atoms with E-state index in [-0.39, 0.29) is 5.91 Å². The molecule has 2 aliphatic rings. The summed E-state index contributed by atoms with van der Waals surface area (Å²) in [5, 5.41) is 8.10. The zero-order valence-corrected chi connectivity index (χ0v) is 23.5. The molecular formula is C28H33Cl2F3N2O4. The van der Waals surface area contributed by atoms with E-state index in [1.165, 1.54) is 12.0 Å². The first-order valence-electron chi connectivity index (χ1n) is 12.8. The van der Waals surface area contributed by atoms with E-state index in [0.29, 0.717) is 26.9 Å². The predicted molar refractivity (Wildman–Crippen MR) is 144 cm³/mol. The Hall–Kier alpha value is -2.49. The first-order chi connectivity index (χ1) is 18.3. The summed E-state index contributed by atoms with van der Waals surface area (Å²) < 4.78 is 37.8. The molecule has 0 aliphatic carbocycles. The van der Waals surface area contributed by atoms with Crippen LogP contribution >= 0.6 is 23.2 Å². The van der Waals surface area contributed by atoms with Gasteiger partial charge in [0.05, 0.1) is 17.2 Å². The van der Waals surface area contributed by atoms with Crippen LogP contribution in [-0.4, -0.2) is 65.7 Å². The van der Waals surface area contributed by atoms with Crippen LogP contribution in [0.25, 0.3) is 0 Å². The molecule has 0 radical (unpaired) electrons. The minimum absolute atomic E-state index is 0.00704. The number of ether oxygens (including phenoxy) is 1. The molecule has 2 saturated heterocycles. The normalized spacial score (nSPS) is 17.2. The molecule has 2 fully saturated rings. The van der Waals surface area contributed by atoms with Gasteiger partial charge in [-0.1, -0.05) is 55.2 Å². The van der Waals surface area contributed by atoms with E-state index in [2.05, 4.69) is 36.9 Å². The number of amides is 1. The monoisotopic (exact) mass is 588 g/mol. The Kier molecular flexibility index (Phi) is 10.5. The van der Waals surface area contributed by atoms with Crippen molar-refractivity contribution in [2.45, 2.75) is 45.8 Å². The molecule has 0 unspecified atom stereocenters. The summed E-state index contributed by atoms with van der Waals surface area (Å²) in [6.45, 7) is 9.72. The number of para-hydroxylation sites is 1. The molecular weight excluding hydrogens is 556 g/mol. The van der Waals surface area contributed by atoms with Gasteiger partial charge in [0.15, 0.2) is 0 Å². The summed E-state index contributed by atoms with van der Waals surface area (Å²) in [5.41, 5.74) is 2.10. The van der Waals surface area contributed by atoms with Crippen LogP contribution in [-0.2, 0) is 11.3 Å². The third-order valence-electron chi connectivity index (χ3n) is 6.97. The molecule has 2 aromatic rings. The van der Waals surface area contributed by atoms with Crippen LogP contribution in [0.3, 0.4) is 0 Å². The Morgan fingerprint density at radius 2 is 1.67 bits per heavy atom. The van der Waals surface area contributed by atoms with Gasteiger partial charge in [0.2, 0.25) is 0 Å². The van der Waals surface area contributed by atoms with Crippen LogP contribution < -0.4 is 4.74 Å². The van der Waals surface area contributed by atoms with Gasteiger partial charge in [-0.25, -0.2) is 4.79 Å². The number of alkyl halides is 3. The highest BCUT2D eigenvalue weighted by Gasteiger charge is 2.41. The predicted octanol–water partition coefficient (Wildman–Crippen LogP) is 6.79. The number of aliphatic carboxylic acids is 1. The van der Waals surface area contributed by atoms with Crippen LogP contribution in [0.15, 0.2) is 42.5 Å². The van der Waals surface area contributed by atoms with Crippen molar-refractivity contribution in [1.29, 1.82) is 0 Å². The SMILES string of the molecule is CC(C)COc1ccccc1CN1CCC2(CCN(C(=O)c3ccc(Cl)cc3Cl)CC2)C1.O=C(O)C(F)(F)F. The molecule has 4 rings (SSSR count). The third-order valence-corrected chi connectivity index (χ3v) is 7.52. The van der Waals surface area contributed by atoms with Gasteiger partial charge in [-0.15, -0.1) is 0 Å². The molecule has 2 heterocycles. The number of likely N-dealkylation sites (tertiary alicyclic amines) is 2. The van der Waals surface area contributed by atoms with Crippen molar-refractivity contribution in [3.63, 3.8) is 0 Å². The standard InChI is InChI=1S/C26H32Cl2N2O2.C2HF3O2/c1-19(2)17-32-24-6-4-3-5-20(24)16-29-12-9-26(18-29)10-13-30(14-11-26)25(31)22-8-7-21(27)15-23(22)28;3-2(4,5)1(6)7/h3-8,15,19H,9-14,16-18H2,1-2H3;(H,6,7). The molecule has 6 nitrogen and oxygen atoms in total. The van der Waals surface area contributed by atoms with Gasteiger partial charge in [0.1, 0.15) is 5.75 Å². The van der Waals surface area contributed by atoms with Crippen LogP contribution in [0, 0.1) is 11.3 Å². The fourth-order valence-corrected chi connectivity index (χ4v) is 5.35. The average molecular weight is 589 g/mol. The maximum Gasteiger partial charge on any atom is 0.490 e. The second-order valence-corrected chi connectivity index (χ2v) is 11.3. The Morgan fingerprint density at radius 1 is 1.05 bits per heavy atom. The van der Waals surface area contributed by atoms with Crippen molar-refractivity contribution >= 4 is 35.1 Å². The molecule has 2 aromatic carbocycles.